The van der Waals surface area contributed by atoms with E-state index >= 15 is 0 Å². The highest BCUT2D eigenvalue weighted by molar-refractivity contribution is 9.10. The van der Waals surface area contributed by atoms with Gasteiger partial charge in [0.1, 0.15) is 5.76 Å². The summed E-state index contributed by atoms with van der Waals surface area (Å²) in [5, 5.41) is 1.06. The number of halogens is 1. The summed E-state index contributed by atoms with van der Waals surface area (Å²) in [6, 6.07) is 17.3. The second-order valence-corrected chi connectivity index (χ2v) is 9.02. The maximum atomic E-state index is 13.4. The number of thiazole rings is 2. The minimum Gasteiger partial charge on any atom is -0.467 e. The van der Waals surface area contributed by atoms with Crippen molar-refractivity contribution in [3.8, 4) is 0 Å². The van der Waals surface area contributed by atoms with Crippen LogP contribution in [0, 0.1) is 0 Å². The molecule has 5 aromatic rings. The van der Waals surface area contributed by atoms with Crippen LogP contribution in [0.25, 0.3) is 20.4 Å². The van der Waals surface area contributed by atoms with Crippen molar-refractivity contribution in [2.75, 3.05) is 4.90 Å². The summed E-state index contributed by atoms with van der Waals surface area (Å²) in [5.74, 6) is 0.505. The van der Waals surface area contributed by atoms with Gasteiger partial charge in [-0.15, -0.1) is 11.3 Å². The highest BCUT2D eigenvalue weighted by atomic mass is 79.9. The third-order valence-corrected chi connectivity index (χ3v) is 6.74. The van der Waals surface area contributed by atoms with E-state index < -0.39 is 0 Å². The van der Waals surface area contributed by atoms with Gasteiger partial charge in [-0.05, 0) is 42.5 Å². The summed E-state index contributed by atoms with van der Waals surface area (Å²) < 4.78 is 8.45. The van der Waals surface area contributed by atoms with E-state index in [1.54, 1.807) is 11.2 Å². The Hall–Kier alpha value is -2.55. The van der Waals surface area contributed by atoms with Crippen LogP contribution in [0.2, 0.25) is 0 Å². The molecule has 0 aliphatic rings. The molecule has 8 heteroatoms. The number of fused-ring (bicyclic) bond motifs is 2. The third kappa shape index (κ3) is 3.23. The number of carbonyl (C=O) groups excluding carboxylic acids is 1. The molecule has 2 aromatic carbocycles. The maximum Gasteiger partial charge on any atom is 0.289 e. The number of aromatic nitrogens is 2. The van der Waals surface area contributed by atoms with Crippen LogP contribution in [0.1, 0.15) is 15.6 Å². The van der Waals surface area contributed by atoms with Crippen molar-refractivity contribution in [1.29, 1.82) is 0 Å². The first kappa shape index (κ1) is 17.5. The Morgan fingerprint density at radius 1 is 1.00 bits per heavy atom. The molecule has 5 rings (SSSR count). The molecule has 0 fully saturated rings. The van der Waals surface area contributed by atoms with E-state index in [1.165, 1.54) is 22.7 Å². The van der Waals surface area contributed by atoms with Gasteiger partial charge in [0.25, 0.3) is 5.91 Å². The molecule has 0 unspecified atom stereocenters. The lowest BCUT2D eigenvalue weighted by Gasteiger charge is -2.17. The van der Waals surface area contributed by atoms with Gasteiger partial charge in [0, 0.05) is 4.47 Å². The van der Waals surface area contributed by atoms with Crippen LogP contribution in [0.4, 0.5) is 5.13 Å². The van der Waals surface area contributed by atoms with E-state index in [4.69, 9.17) is 4.42 Å². The molecular weight excluding hydrogens is 458 g/mol. The molecule has 0 bridgehead atoms. The standard InChI is InChI=1S/C20H12BrN3O2S2/c21-12-7-8-15-17(10-12)28-20(23-15)24(11-13-4-3-9-26-13)19(25)18-22-14-5-1-2-6-16(14)27-18/h1-10H,11H2. The molecule has 1 amide bonds. The van der Waals surface area contributed by atoms with Crippen molar-refractivity contribution in [2.24, 2.45) is 0 Å². The minimum absolute atomic E-state index is 0.185. The van der Waals surface area contributed by atoms with Crippen molar-refractivity contribution in [3.63, 3.8) is 0 Å². The zero-order chi connectivity index (χ0) is 19.1. The summed E-state index contributed by atoms with van der Waals surface area (Å²) in [5.41, 5.74) is 1.67. The lowest BCUT2D eigenvalue weighted by Crippen LogP contribution is -2.30. The molecule has 5 nitrogen and oxygen atoms in total. The zero-order valence-corrected chi connectivity index (χ0v) is 17.6. The molecule has 3 heterocycles. The van der Waals surface area contributed by atoms with Gasteiger partial charge in [0.2, 0.25) is 0 Å². The van der Waals surface area contributed by atoms with Crippen molar-refractivity contribution in [3.05, 3.63) is 76.1 Å². The number of rotatable bonds is 4. The Morgan fingerprint density at radius 2 is 1.86 bits per heavy atom. The van der Waals surface area contributed by atoms with Gasteiger partial charge in [-0.1, -0.05) is 39.4 Å². The minimum atomic E-state index is -0.185. The summed E-state index contributed by atoms with van der Waals surface area (Å²) in [4.78, 5) is 24.2. The van der Waals surface area contributed by atoms with Gasteiger partial charge in [-0.25, -0.2) is 9.97 Å². The van der Waals surface area contributed by atoms with Crippen LogP contribution in [-0.4, -0.2) is 15.9 Å². The fourth-order valence-electron chi connectivity index (χ4n) is 2.87. The molecule has 0 aliphatic heterocycles. The van der Waals surface area contributed by atoms with Gasteiger partial charge in [0.05, 0.1) is 33.2 Å². The second-order valence-electron chi connectivity index (χ2n) is 6.07. The number of hydrogen-bond donors (Lipinski definition) is 0. The highest BCUT2D eigenvalue weighted by Crippen LogP contribution is 2.33. The Kier molecular flexibility index (Phi) is 4.46. The summed E-state index contributed by atoms with van der Waals surface area (Å²) in [6.07, 6.45) is 1.60. The normalized spacial score (nSPS) is 11.3. The number of amides is 1. The Bertz CT molecular complexity index is 1260. The average molecular weight is 470 g/mol. The first-order valence-corrected chi connectivity index (χ1v) is 10.9. The first-order valence-electron chi connectivity index (χ1n) is 8.43. The van der Waals surface area contributed by atoms with Crippen LogP contribution in [0.5, 0.6) is 0 Å². The maximum absolute atomic E-state index is 13.4. The summed E-state index contributed by atoms with van der Waals surface area (Å²) in [6.45, 7) is 0.294. The first-order chi connectivity index (χ1) is 13.7. The van der Waals surface area contributed by atoms with Gasteiger partial charge < -0.3 is 4.42 Å². The Balaban J connectivity index is 1.59. The van der Waals surface area contributed by atoms with Crippen molar-refractivity contribution < 1.29 is 9.21 Å². The van der Waals surface area contributed by atoms with Crippen molar-refractivity contribution >= 4 is 70.1 Å². The monoisotopic (exact) mass is 469 g/mol. The molecule has 28 heavy (non-hydrogen) atoms. The van der Waals surface area contributed by atoms with Crippen molar-refractivity contribution in [1.82, 2.24) is 9.97 Å². The Labute approximate surface area is 176 Å². The van der Waals surface area contributed by atoms with E-state index in [9.17, 15) is 4.79 Å². The molecular formula is C20H12BrN3O2S2. The van der Waals surface area contributed by atoms with Gasteiger partial charge in [0.15, 0.2) is 10.1 Å². The molecule has 3 aromatic heterocycles. The number of hydrogen-bond acceptors (Lipinski definition) is 6. The van der Waals surface area contributed by atoms with Gasteiger partial charge in [-0.3, -0.25) is 9.69 Å². The lowest BCUT2D eigenvalue weighted by atomic mass is 10.3. The molecule has 0 saturated carbocycles. The van der Waals surface area contributed by atoms with Gasteiger partial charge in [-0.2, -0.15) is 0 Å². The van der Waals surface area contributed by atoms with Crippen LogP contribution in [0.3, 0.4) is 0 Å². The van der Waals surface area contributed by atoms with E-state index in [2.05, 4.69) is 25.9 Å². The molecule has 0 atom stereocenters. The topological polar surface area (TPSA) is 59.2 Å². The third-order valence-electron chi connectivity index (χ3n) is 4.19. The second kappa shape index (κ2) is 7.12. The predicted molar refractivity (Wildman–Crippen MR) is 116 cm³/mol. The fraction of sp³-hybridized carbons (Fsp3) is 0.0500. The predicted octanol–water partition coefficient (Wildman–Crippen LogP) is 6.11. The highest BCUT2D eigenvalue weighted by Gasteiger charge is 2.25. The SMILES string of the molecule is O=C(c1nc2ccccc2s1)N(Cc1ccco1)c1nc2ccc(Br)cc2s1. The van der Waals surface area contributed by atoms with E-state index in [0.717, 1.165) is 24.9 Å². The molecule has 0 saturated heterocycles. The number of nitrogens with zero attached hydrogens (tertiary/aromatic N) is 3. The van der Waals surface area contributed by atoms with Crippen LogP contribution in [-0.2, 0) is 6.54 Å². The van der Waals surface area contributed by atoms with Crippen LogP contribution >= 0.6 is 38.6 Å². The molecule has 0 aliphatic carbocycles. The molecule has 138 valence electrons. The Morgan fingerprint density at radius 3 is 2.68 bits per heavy atom. The van der Waals surface area contributed by atoms with Gasteiger partial charge >= 0.3 is 0 Å². The number of furan rings is 1. The molecule has 0 N–H and O–H groups in total. The van der Waals surface area contributed by atoms with E-state index in [-0.39, 0.29) is 5.91 Å². The number of benzene rings is 2. The molecule has 0 radical (unpaired) electrons. The fourth-order valence-corrected chi connectivity index (χ4v) is 5.30. The quantitative estimate of drug-likeness (QED) is 0.318. The largest absolute Gasteiger partial charge is 0.467 e. The number of carbonyl (C=O) groups is 1. The summed E-state index contributed by atoms with van der Waals surface area (Å²) in [7, 11) is 0. The smallest absolute Gasteiger partial charge is 0.289 e. The summed E-state index contributed by atoms with van der Waals surface area (Å²) >= 11 is 6.34. The average Bonchev–Trinajstić information content (AvgIpc) is 3.43. The number of para-hydroxylation sites is 1. The number of anilines is 1. The molecule has 0 spiro atoms. The van der Waals surface area contributed by atoms with E-state index in [1.807, 2.05) is 54.6 Å². The lowest BCUT2D eigenvalue weighted by molar-refractivity contribution is 0.0983. The zero-order valence-electron chi connectivity index (χ0n) is 14.3. The van der Waals surface area contributed by atoms with Crippen LogP contribution < -0.4 is 4.90 Å². The van der Waals surface area contributed by atoms with Crippen LogP contribution in [0.15, 0.2) is 69.8 Å². The van der Waals surface area contributed by atoms with E-state index in [0.29, 0.717) is 22.4 Å². The van der Waals surface area contributed by atoms with Crippen molar-refractivity contribution in [2.45, 2.75) is 6.54 Å².